The van der Waals surface area contributed by atoms with Crippen molar-refractivity contribution in [1.29, 1.82) is 0 Å². The van der Waals surface area contributed by atoms with Crippen LogP contribution in [0.1, 0.15) is 38.5 Å². The molecule has 0 aliphatic carbocycles. The molecule has 11 heteroatoms. The first-order valence-electron chi connectivity index (χ1n) is 12.0. The summed E-state index contributed by atoms with van der Waals surface area (Å²) in [6.07, 6.45) is 2.92. The Morgan fingerprint density at radius 3 is 2.06 bits per heavy atom. The van der Waals surface area contributed by atoms with E-state index >= 15 is 0 Å². The van der Waals surface area contributed by atoms with E-state index in [0.717, 1.165) is 52.1 Å². The van der Waals surface area contributed by atoms with Crippen LogP contribution in [0.15, 0.2) is 0 Å². The van der Waals surface area contributed by atoms with Crippen molar-refractivity contribution in [2.75, 3.05) is 72.5 Å². The Balaban J connectivity index is 1.52. The summed E-state index contributed by atoms with van der Waals surface area (Å²) in [5.74, 6) is -1.41. The molecule has 1 atom stereocenters. The zero-order valence-corrected chi connectivity index (χ0v) is 19.8. The number of carboxylic acids is 1. The summed E-state index contributed by atoms with van der Waals surface area (Å²) in [7, 11) is 2.15. The van der Waals surface area contributed by atoms with E-state index in [9.17, 15) is 19.2 Å². The quantitative estimate of drug-likeness (QED) is 0.136. The molecule has 1 unspecified atom stereocenters. The molecule has 2 rings (SSSR count). The molecule has 2 saturated heterocycles. The Morgan fingerprint density at radius 2 is 1.42 bits per heavy atom. The summed E-state index contributed by atoms with van der Waals surface area (Å²) in [6.45, 7) is 7.42. The number of rotatable bonds is 14. The van der Waals surface area contributed by atoms with E-state index in [2.05, 4.69) is 37.7 Å². The Hall–Kier alpha value is -2.24. The predicted molar refractivity (Wildman–Crippen MR) is 124 cm³/mol. The minimum Gasteiger partial charge on any atom is -0.481 e. The maximum Gasteiger partial charge on any atom is 0.303 e. The van der Waals surface area contributed by atoms with Crippen LogP contribution in [0.3, 0.4) is 0 Å². The standard InChI is InChI=1S/C22H40N6O5/c1-26-12-14-27(15-13-26)16-18-4-3-11-28(18)17-21(31)25-10-7-20(30)24-9-6-19(29)23-8-2-5-22(32)33/h18H,2-17H2,1H3,(H,23,29)(H,24,30)(H,25,31)(H,32,33)/i2+1,5+1,6+1,8+1,9+1,12+1,14+1,16+1,19+1,20+1,22+1,23+1,24+1,28+1. The maximum absolute atomic E-state index is 12.3. The molecule has 2 aliphatic heterocycles. The third kappa shape index (κ3) is 11.4. The number of carbonyl (C=O) groups excluding carboxylic acids is 3. The SMILES string of the molecule is CN1CCN([13CH2]C2CCC[15N]2CC(=O)NCC[13C](=O)[15NH][13CH2][13CH2][13C](=O)[15NH][13CH2][13CH2][13CH2][13C](=O)O)[13CH2][13CH2]1. The highest BCUT2D eigenvalue weighted by molar-refractivity contribution is 5.81. The van der Waals surface area contributed by atoms with Crippen molar-refractivity contribution in [1.82, 2.24) is 30.7 Å². The zero-order chi connectivity index (χ0) is 24.1. The molecular weight excluding hydrogens is 442 g/mol. The number of piperazine rings is 1. The van der Waals surface area contributed by atoms with Gasteiger partial charge in [-0.25, -0.2) is 0 Å². The first-order valence-corrected chi connectivity index (χ1v) is 12.0. The van der Waals surface area contributed by atoms with Gasteiger partial charge in [0.15, 0.2) is 0 Å². The molecule has 11 nitrogen and oxygen atoms in total. The molecule has 2 fully saturated rings. The fourth-order valence-corrected chi connectivity index (χ4v) is 4.15. The van der Waals surface area contributed by atoms with Crippen LogP contribution in [0.25, 0.3) is 0 Å². The average Bonchev–Trinajstić information content (AvgIpc) is 3.19. The van der Waals surface area contributed by atoms with Gasteiger partial charge in [-0.3, -0.25) is 29.0 Å². The molecule has 3 amide bonds. The number of nitrogens with zero attached hydrogens (tertiary/aromatic N) is 3. The molecule has 33 heavy (non-hydrogen) atoms. The molecule has 0 aromatic heterocycles. The molecular formula is C22H40N6O5. The van der Waals surface area contributed by atoms with Gasteiger partial charge >= 0.3 is 5.97 Å². The number of carboxylic acid groups (broad SMARTS) is 1. The summed E-state index contributed by atoms with van der Waals surface area (Å²) < 4.78 is 0. The summed E-state index contributed by atoms with van der Waals surface area (Å²) in [4.78, 5) is 53.4. The van der Waals surface area contributed by atoms with Crippen molar-refractivity contribution >= 4 is 23.7 Å². The van der Waals surface area contributed by atoms with Crippen LogP contribution in [0.2, 0.25) is 0 Å². The van der Waals surface area contributed by atoms with Crippen molar-refractivity contribution in [2.45, 2.75) is 44.6 Å². The smallest absolute Gasteiger partial charge is 0.303 e. The average molecular weight is 482 g/mol. The van der Waals surface area contributed by atoms with E-state index in [4.69, 9.17) is 5.11 Å². The molecule has 188 valence electrons. The summed E-state index contributed by atoms with van der Waals surface area (Å²) >= 11 is 0. The lowest BCUT2D eigenvalue weighted by Crippen LogP contribution is -2.50. The van der Waals surface area contributed by atoms with Crippen LogP contribution < -0.4 is 16.0 Å². The van der Waals surface area contributed by atoms with Gasteiger partial charge in [-0.2, -0.15) is 0 Å². The summed E-state index contributed by atoms with van der Waals surface area (Å²) in [6, 6.07) is 0.415. The highest BCUT2D eigenvalue weighted by Gasteiger charge is 2.28. The maximum atomic E-state index is 12.3. The Labute approximate surface area is 196 Å². The summed E-state index contributed by atoms with van der Waals surface area (Å²) in [5, 5.41) is 16.6. The van der Waals surface area contributed by atoms with Crippen LogP contribution in [0, 0.1) is 0 Å². The van der Waals surface area contributed by atoms with Gasteiger partial charge in [0.1, 0.15) is 0 Å². The van der Waals surface area contributed by atoms with E-state index in [0.29, 0.717) is 25.6 Å². The van der Waals surface area contributed by atoms with Gasteiger partial charge in [0, 0.05) is 77.7 Å². The molecule has 0 aromatic rings. The minimum absolute atomic E-state index is 0.0113. The number of likely N-dealkylation sites (tertiary alicyclic amines) is 1. The number of hydrogen-bond donors (Lipinski definition) is 4. The van der Waals surface area contributed by atoms with Gasteiger partial charge in [-0.15, -0.1) is 0 Å². The second kappa shape index (κ2) is 14.8. The van der Waals surface area contributed by atoms with Gasteiger partial charge in [-0.1, -0.05) is 0 Å². The first kappa shape index (κ1) is 27.0. The lowest BCUT2D eigenvalue weighted by atomic mass is 10.3. The van der Waals surface area contributed by atoms with Crippen molar-refractivity contribution in [3.63, 3.8) is 0 Å². The lowest BCUT2D eigenvalue weighted by molar-refractivity contribution is -0.137. The number of hydrogen-bond acceptors (Lipinski definition) is 7. The second-order valence-electron chi connectivity index (χ2n) is 8.92. The topological polar surface area (TPSA) is 134 Å². The molecule has 0 saturated carbocycles. The van der Waals surface area contributed by atoms with Gasteiger partial charge in [0.25, 0.3) is 0 Å². The number of likely N-dealkylation sites (N-methyl/N-ethyl adjacent to an activating group) is 1. The van der Waals surface area contributed by atoms with Crippen LogP contribution in [-0.2, 0) is 19.2 Å². The van der Waals surface area contributed by atoms with E-state index in [-0.39, 0.29) is 50.1 Å². The molecule has 2 heterocycles. The van der Waals surface area contributed by atoms with Crippen LogP contribution in [-0.4, -0.2) is 122 Å². The van der Waals surface area contributed by atoms with E-state index in [1.165, 1.54) is 0 Å². The van der Waals surface area contributed by atoms with Crippen LogP contribution in [0.4, 0.5) is 0 Å². The van der Waals surface area contributed by atoms with E-state index < -0.39 is 5.97 Å². The first-order chi connectivity index (χ1) is 15.8. The molecule has 0 aromatic carbocycles. The van der Waals surface area contributed by atoms with Crippen molar-refractivity contribution in [3.8, 4) is 0 Å². The molecule has 0 spiro atoms. The lowest BCUT2D eigenvalue weighted by Gasteiger charge is -2.36. The third-order valence-corrected chi connectivity index (χ3v) is 6.15. The Kier molecular flexibility index (Phi) is 12.1. The van der Waals surface area contributed by atoms with Gasteiger partial charge < -0.3 is 26.0 Å². The normalized spacial score (nSPS) is 19.8. The number of aliphatic carboxylic acids is 1. The molecule has 4 N–H and O–H groups in total. The monoisotopic (exact) mass is 482 g/mol. The van der Waals surface area contributed by atoms with Crippen LogP contribution >= 0.6 is 0 Å². The van der Waals surface area contributed by atoms with Gasteiger partial charge in [0.2, 0.25) is 17.7 Å². The fourth-order valence-electron chi connectivity index (χ4n) is 4.15. The Morgan fingerprint density at radius 1 is 0.818 bits per heavy atom. The molecule has 0 radical (unpaired) electrons. The highest BCUT2D eigenvalue weighted by atomic mass is 16.5. The van der Waals surface area contributed by atoms with Crippen molar-refractivity contribution < 1.29 is 24.3 Å². The van der Waals surface area contributed by atoms with Crippen molar-refractivity contribution in [2.24, 2.45) is 0 Å². The van der Waals surface area contributed by atoms with Gasteiger partial charge in [-0.05, 0) is 32.9 Å². The fraction of sp³-hybridized carbons (Fsp3) is 0.818. The second-order valence-corrected chi connectivity index (χ2v) is 8.92. The predicted octanol–water partition coefficient (Wildman–Crippen LogP) is -1.31. The van der Waals surface area contributed by atoms with Crippen molar-refractivity contribution in [3.05, 3.63) is 0 Å². The summed E-state index contributed by atoms with van der Waals surface area (Å²) in [5.41, 5.74) is 0. The highest BCUT2D eigenvalue weighted by Crippen LogP contribution is 2.18. The minimum atomic E-state index is -0.894. The van der Waals surface area contributed by atoms with E-state index in [1.54, 1.807) is 0 Å². The molecule has 2 aliphatic rings. The number of carbonyl (C=O) groups is 4. The largest absolute Gasteiger partial charge is 0.481 e. The molecule has 0 bridgehead atoms. The van der Waals surface area contributed by atoms with E-state index in [1.807, 2.05) is 0 Å². The zero-order valence-electron chi connectivity index (χ0n) is 19.8. The number of amides is 3. The van der Waals surface area contributed by atoms with Gasteiger partial charge in [0.05, 0.1) is 6.54 Å². The number of nitrogens with one attached hydrogen (secondary N) is 3. The Bertz CT molecular complexity index is 653. The van der Waals surface area contributed by atoms with Crippen LogP contribution in [0.5, 0.6) is 0 Å². The third-order valence-electron chi connectivity index (χ3n) is 6.15.